The number of nitrogens with one attached hydrogen (secondary N) is 1. The summed E-state index contributed by atoms with van der Waals surface area (Å²) in [7, 11) is 0. The number of hydrogen-bond acceptors (Lipinski definition) is 5. The molecule has 0 unspecified atom stereocenters. The molecule has 1 aromatic carbocycles. The maximum atomic E-state index is 12.7. The van der Waals surface area contributed by atoms with E-state index in [4.69, 9.17) is 21.9 Å². The van der Waals surface area contributed by atoms with Crippen molar-refractivity contribution in [1.82, 2.24) is 5.16 Å². The molecule has 3 N–H and O–H groups in total. The number of hydrogen-bond donors (Lipinski definition) is 2. The molecule has 4 rings (SSSR count). The molecule has 2 amide bonds. The Balaban J connectivity index is 1.60. The predicted octanol–water partition coefficient (Wildman–Crippen LogP) is 4.53. The van der Waals surface area contributed by atoms with Crippen molar-refractivity contribution in [3.05, 3.63) is 57.1 Å². The van der Waals surface area contributed by atoms with Gasteiger partial charge < -0.3 is 15.6 Å². The van der Waals surface area contributed by atoms with Crippen LogP contribution in [0.1, 0.15) is 44.6 Å². The van der Waals surface area contributed by atoms with Crippen LogP contribution in [0, 0.1) is 5.92 Å². The molecule has 0 spiro atoms. The van der Waals surface area contributed by atoms with Crippen LogP contribution in [0.3, 0.4) is 0 Å². The number of carbonyl (C=O) groups is 2. The summed E-state index contributed by atoms with van der Waals surface area (Å²) in [5.74, 6) is 0.00147. The summed E-state index contributed by atoms with van der Waals surface area (Å²) in [5, 5.41) is 7.67. The van der Waals surface area contributed by atoms with Crippen molar-refractivity contribution in [2.75, 3.05) is 5.32 Å². The highest BCUT2D eigenvalue weighted by atomic mass is 35.5. The molecular weight excluding hydrogens is 398 g/mol. The van der Waals surface area contributed by atoms with Crippen molar-refractivity contribution in [3.8, 4) is 11.3 Å². The normalized spacial score (nSPS) is 15.9. The average Bonchev–Trinajstić information content (AvgIpc) is 3.26. The van der Waals surface area contributed by atoms with E-state index >= 15 is 0 Å². The van der Waals surface area contributed by atoms with E-state index < -0.39 is 11.8 Å². The zero-order chi connectivity index (χ0) is 19.8. The van der Waals surface area contributed by atoms with Crippen LogP contribution in [0.4, 0.5) is 5.00 Å². The number of anilines is 1. The van der Waals surface area contributed by atoms with Crippen LogP contribution in [0.2, 0.25) is 5.02 Å². The van der Waals surface area contributed by atoms with E-state index in [0.717, 1.165) is 35.3 Å². The van der Waals surface area contributed by atoms with Crippen LogP contribution in [0.15, 0.2) is 34.9 Å². The Bertz CT molecular complexity index is 1070. The summed E-state index contributed by atoms with van der Waals surface area (Å²) < 4.78 is 5.28. The fourth-order valence-corrected chi connectivity index (χ4v) is 5.03. The van der Waals surface area contributed by atoms with Crippen molar-refractivity contribution in [3.63, 3.8) is 0 Å². The monoisotopic (exact) mass is 415 g/mol. The molecule has 0 saturated carbocycles. The molecule has 8 heteroatoms. The van der Waals surface area contributed by atoms with Gasteiger partial charge in [0.1, 0.15) is 5.00 Å². The van der Waals surface area contributed by atoms with Crippen LogP contribution in [0.25, 0.3) is 11.3 Å². The number of amides is 2. The van der Waals surface area contributed by atoms with Gasteiger partial charge in [0, 0.05) is 21.5 Å². The molecule has 1 aliphatic rings. The molecule has 0 bridgehead atoms. The third-order valence-corrected chi connectivity index (χ3v) is 6.24. The predicted molar refractivity (Wildman–Crippen MR) is 109 cm³/mol. The summed E-state index contributed by atoms with van der Waals surface area (Å²) in [4.78, 5) is 25.8. The van der Waals surface area contributed by atoms with Gasteiger partial charge in [-0.15, -0.1) is 11.3 Å². The van der Waals surface area contributed by atoms with Gasteiger partial charge in [0.25, 0.3) is 11.8 Å². The summed E-state index contributed by atoms with van der Waals surface area (Å²) >= 11 is 7.41. The summed E-state index contributed by atoms with van der Waals surface area (Å²) in [5.41, 5.74) is 7.81. The van der Waals surface area contributed by atoms with Gasteiger partial charge in [-0.25, -0.2) is 0 Å². The van der Waals surface area contributed by atoms with E-state index in [0.29, 0.717) is 27.3 Å². The maximum absolute atomic E-state index is 12.7. The van der Waals surface area contributed by atoms with Gasteiger partial charge in [-0.2, -0.15) is 0 Å². The van der Waals surface area contributed by atoms with E-state index in [2.05, 4.69) is 17.4 Å². The molecule has 1 atom stereocenters. The lowest BCUT2D eigenvalue weighted by atomic mass is 9.88. The lowest BCUT2D eigenvalue weighted by molar-refractivity contribution is 0.1000. The van der Waals surface area contributed by atoms with Gasteiger partial charge in [-0.3, -0.25) is 9.59 Å². The number of halogens is 1. The Labute approximate surface area is 170 Å². The minimum atomic E-state index is -0.526. The minimum absolute atomic E-state index is 0.116. The van der Waals surface area contributed by atoms with E-state index in [1.807, 2.05) is 6.07 Å². The molecule has 1 aliphatic carbocycles. The molecule has 0 aliphatic heterocycles. The van der Waals surface area contributed by atoms with E-state index in [1.54, 1.807) is 24.3 Å². The lowest BCUT2D eigenvalue weighted by Gasteiger charge is -2.18. The Morgan fingerprint density at radius 2 is 2.18 bits per heavy atom. The second-order valence-electron chi connectivity index (χ2n) is 6.96. The first-order valence-corrected chi connectivity index (χ1v) is 10.1. The van der Waals surface area contributed by atoms with Crippen LogP contribution in [-0.4, -0.2) is 17.0 Å². The molecule has 2 heterocycles. The molecule has 0 saturated heterocycles. The number of thiophene rings is 1. The third kappa shape index (κ3) is 3.55. The highest BCUT2D eigenvalue weighted by Gasteiger charge is 2.28. The van der Waals surface area contributed by atoms with E-state index in [1.165, 1.54) is 11.3 Å². The number of nitrogens with zero attached hydrogens (tertiary/aromatic N) is 1. The number of benzene rings is 1. The van der Waals surface area contributed by atoms with Crippen molar-refractivity contribution in [1.29, 1.82) is 0 Å². The number of carbonyl (C=O) groups excluding carboxylic acids is 2. The first-order valence-electron chi connectivity index (χ1n) is 8.90. The Kier molecular flexibility index (Phi) is 4.95. The summed E-state index contributed by atoms with van der Waals surface area (Å²) in [6, 6.07) is 8.62. The largest absolute Gasteiger partial charge is 0.365 e. The van der Waals surface area contributed by atoms with Crippen LogP contribution < -0.4 is 11.1 Å². The van der Waals surface area contributed by atoms with Gasteiger partial charge in [-0.05, 0) is 42.9 Å². The average molecular weight is 416 g/mol. The number of rotatable bonds is 4. The molecular formula is C20H18ClN3O3S. The van der Waals surface area contributed by atoms with Gasteiger partial charge in [0.05, 0.1) is 5.56 Å². The molecule has 144 valence electrons. The Morgan fingerprint density at radius 1 is 1.36 bits per heavy atom. The summed E-state index contributed by atoms with van der Waals surface area (Å²) in [6.07, 6.45) is 2.69. The molecule has 0 fully saturated rings. The first kappa shape index (κ1) is 18.7. The van der Waals surface area contributed by atoms with Gasteiger partial charge in [0.2, 0.25) is 0 Å². The number of aromatic nitrogens is 1. The SMILES string of the molecule is C[C@H]1CCc2c(sc(NC(=O)c3cc(-c4cccc(Cl)c4)on3)c2C(N)=O)C1. The standard InChI is InChI=1S/C20H18ClN3O3S/c1-10-5-6-13-16(7-10)28-20(17(13)18(22)25)23-19(26)14-9-15(27-24-14)11-3-2-4-12(21)8-11/h2-4,8-10H,5-7H2,1H3,(H2,22,25)(H,23,26)/t10-/m0/s1. The topological polar surface area (TPSA) is 98.2 Å². The highest BCUT2D eigenvalue weighted by molar-refractivity contribution is 7.17. The number of primary amides is 1. The van der Waals surface area contributed by atoms with Crippen molar-refractivity contribution in [2.45, 2.75) is 26.2 Å². The lowest BCUT2D eigenvalue weighted by Crippen LogP contribution is -2.19. The zero-order valence-electron chi connectivity index (χ0n) is 15.1. The Morgan fingerprint density at radius 3 is 2.93 bits per heavy atom. The van der Waals surface area contributed by atoms with Crippen LogP contribution in [0.5, 0.6) is 0 Å². The number of fused-ring (bicyclic) bond motifs is 1. The minimum Gasteiger partial charge on any atom is -0.365 e. The molecule has 3 aromatic rings. The number of nitrogens with two attached hydrogens (primary N) is 1. The second-order valence-corrected chi connectivity index (χ2v) is 8.50. The van der Waals surface area contributed by atoms with Gasteiger partial charge >= 0.3 is 0 Å². The van der Waals surface area contributed by atoms with E-state index in [9.17, 15) is 9.59 Å². The van der Waals surface area contributed by atoms with Crippen molar-refractivity contribution >= 4 is 39.8 Å². The Hall–Kier alpha value is -2.64. The first-order chi connectivity index (χ1) is 13.4. The molecule has 28 heavy (non-hydrogen) atoms. The van der Waals surface area contributed by atoms with E-state index in [-0.39, 0.29) is 5.69 Å². The quantitative estimate of drug-likeness (QED) is 0.653. The zero-order valence-corrected chi connectivity index (χ0v) is 16.7. The van der Waals surface area contributed by atoms with Crippen LogP contribution >= 0.6 is 22.9 Å². The summed E-state index contributed by atoms with van der Waals surface area (Å²) in [6.45, 7) is 2.18. The maximum Gasteiger partial charge on any atom is 0.278 e. The van der Waals surface area contributed by atoms with Gasteiger partial charge in [-0.1, -0.05) is 35.8 Å². The van der Waals surface area contributed by atoms with Crippen molar-refractivity contribution < 1.29 is 14.1 Å². The third-order valence-electron chi connectivity index (χ3n) is 4.84. The molecule has 0 radical (unpaired) electrons. The fourth-order valence-electron chi connectivity index (χ4n) is 3.43. The molecule has 6 nitrogen and oxygen atoms in total. The van der Waals surface area contributed by atoms with Crippen LogP contribution in [-0.2, 0) is 12.8 Å². The van der Waals surface area contributed by atoms with Gasteiger partial charge in [0.15, 0.2) is 11.5 Å². The molecule has 2 aromatic heterocycles. The fraction of sp³-hybridized carbons (Fsp3) is 0.250. The highest BCUT2D eigenvalue weighted by Crippen LogP contribution is 2.39. The smallest absolute Gasteiger partial charge is 0.278 e. The van der Waals surface area contributed by atoms with Crippen molar-refractivity contribution in [2.24, 2.45) is 11.7 Å². The second kappa shape index (κ2) is 7.41.